The lowest BCUT2D eigenvalue weighted by atomic mass is 10.00. The maximum atomic E-state index is 9.06. The van der Waals surface area contributed by atoms with Gasteiger partial charge in [0.2, 0.25) is 0 Å². The number of rotatable bonds is 10. The van der Waals surface area contributed by atoms with E-state index >= 15 is 0 Å². The fourth-order valence-electron chi connectivity index (χ4n) is 2.35. The molecule has 0 spiro atoms. The Balaban J connectivity index is 2.51. The van der Waals surface area contributed by atoms with Crippen molar-refractivity contribution in [2.45, 2.75) is 32.7 Å². The molecule has 0 saturated heterocycles. The molecule has 0 radical (unpaired) electrons. The smallest absolute Gasteiger partial charge is 0.127 e. The predicted molar refractivity (Wildman–Crippen MR) is 81.4 cm³/mol. The van der Waals surface area contributed by atoms with Crippen LogP contribution >= 0.6 is 0 Å². The van der Waals surface area contributed by atoms with Gasteiger partial charge >= 0.3 is 0 Å². The SMILES string of the molecule is CCCC(CCO)CNCc1ccc(OC)cc1OC. The molecule has 0 bridgehead atoms. The molecule has 1 aromatic carbocycles. The van der Waals surface area contributed by atoms with E-state index in [0.717, 1.165) is 49.4 Å². The molecule has 1 atom stereocenters. The summed E-state index contributed by atoms with van der Waals surface area (Å²) in [4.78, 5) is 0. The van der Waals surface area contributed by atoms with Crippen molar-refractivity contribution in [2.75, 3.05) is 27.4 Å². The van der Waals surface area contributed by atoms with Crippen molar-refractivity contribution in [1.29, 1.82) is 0 Å². The van der Waals surface area contributed by atoms with E-state index < -0.39 is 0 Å². The number of methoxy groups -OCH3 is 2. The third-order valence-electron chi connectivity index (χ3n) is 3.48. The first kappa shape index (κ1) is 16.8. The number of hydrogen-bond donors (Lipinski definition) is 2. The summed E-state index contributed by atoms with van der Waals surface area (Å²) in [5, 5.41) is 12.5. The molecular weight excluding hydrogens is 254 g/mol. The van der Waals surface area contributed by atoms with Gasteiger partial charge in [-0.3, -0.25) is 0 Å². The Kier molecular flexibility index (Phi) is 8.07. The van der Waals surface area contributed by atoms with Gasteiger partial charge in [-0.15, -0.1) is 0 Å². The van der Waals surface area contributed by atoms with E-state index in [4.69, 9.17) is 14.6 Å². The maximum absolute atomic E-state index is 9.06. The molecule has 2 N–H and O–H groups in total. The fourth-order valence-corrected chi connectivity index (χ4v) is 2.35. The minimum atomic E-state index is 0.262. The minimum Gasteiger partial charge on any atom is -0.497 e. The molecule has 0 amide bonds. The fraction of sp³-hybridized carbons (Fsp3) is 0.625. The van der Waals surface area contributed by atoms with E-state index in [0.29, 0.717) is 5.92 Å². The zero-order valence-corrected chi connectivity index (χ0v) is 12.8. The second-order valence-electron chi connectivity index (χ2n) is 4.98. The molecule has 4 heteroatoms. The summed E-state index contributed by atoms with van der Waals surface area (Å²) < 4.78 is 10.6. The highest BCUT2D eigenvalue weighted by Crippen LogP contribution is 2.24. The van der Waals surface area contributed by atoms with Crippen LogP contribution in [0.2, 0.25) is 0 Å². The van der Waals surface area contributed by atoms with Crippen LogP contribution in [0, 0.1) is 5.92 Å². The number of nitrogens with one attached hydrogen (secondary N) is 1. The first-order valence-electron chi connectivity index (χ1n) is 7.27. The number of ether oxygens (including phenoxy) is 2. The van der Waals surface area contributed by atoms with Crippen molar-refractivity contribution < 1.29 is 14.6 Å². The van der Waals surface area contributed by atoms with Crippen molar-refractivity contribution in [3.05, 3.63) is 23.8 Å². The highest BCUT2D eigenvalue weighted by molar-refractivity contribution is 5.40. The Morgan fingerprint density at radius 1 is 1.20 bits per heavy atom. The summed E-state index contributed by atoms with van der Waals surface area (Å²) in [7, 11) is 3.32. The lowest BCUT2D eigenvalue weighted by Crippen LogP contribution is -2.23. The molecule has 0 aliphatic heterocycles. The highest BCUT2D eigenvalue weighted by atomic mass is 16.5. The summed E-state index contributed by atoms with van der Waals surface area (Å²) in [6, 6.07) is 5.86. The number of benzene rings is 1. The van der Waals surface area contributed by atoms with Crippen LogP contribution in [0.25, 0.3) is 0 Å². The third-order valence-corrected chi connectivity index (χ3v) is 3.48. The first-order chi connectivity index (χ1) is 9.74. The molecule has 0 aliphatic carbocycles. The van der Waals surface area contributed by atoms with Gasteiger partial charge in [-0.05, 0) is 31.4 Å². The molecule has 1 rings (SSSR count). The van der Waals surface area contributed by atoms with Gasteiger partial charge in [0.25, 0.3) is 0 Å². The van der Waals surface area contributed by atoms with Crippen LogP contribution < -0.4 is 14.8 Å². The molecule has 0 heterocycles. The van der Waals surface area contributed by atoms with Crippen molar-refractivity contribution in [3.8, 4) is 11.5 Å². The maximum Gasteiger partial charge on any atom is 0.127 e. The van der Waals surface area contributed by atoms with Crippen molar-refractivity contribution in [2.24, 2.45) is 5.92 Å². The molecule has 0 aliphatic rings. The van der Waals surface area contributed by atoms with Crippen LogP contribution in [0.5, 0.6) is 11.5 Å². The summed E-state index contributed by atoms with van der Waals surface area (Å²) >= 11 is 0. The van der Waals surface area contributed by atoms with E-state index in [2.05, 4.69) is 12.2 Å². The monoisotopic (exact) mass is 281 g/mol. The molecule has 0 saturated carbocycles. The first-order valence-corrected chi connectivity index (χ1v) is 7.27. The van der Waals surface area contributed by atoms with Gasteiger partial charge < -0.3 is 19.9 Å². The van der Waals surface area contributed by atoms with Gasteiger partial charge in [0, 0.05) is 24.8 Å². The zero-order valence-electron chi connectivity index (χ0n) is 12.8. The Morgan fingerprint density at radius 3 is 2.60 bits per heavy atom. The van der Waals surface area contributed by atoms with Crippen LogP contribution in [0.4, 0.5) is 0 Å². The Bertz CT molecular complexity index is 376. The van der Waals surface area contributed by atoms with Crippen LogP contribution in [-0.2, 0) is 6.54 Å². The molecule has 0 fully saturated rings. The summed E-state index contributed by atoms with van der Waals surface area (Å²) in [5.41, 5.74) is 1.12. The summed E-state index contributed by atoms with van der Waals surface area (Å²) in [6.07, 6.45) is 3.16. The molecule has 1 unspecified atom stereocenters. The zero-order chi connectivity index (χ0) is 14.8. The number of hydrogen-bond acceptors (Lipinski definition) is 4. The van der Waals surface area contributed by atoms with E-state index in [1.54, 1.807) is 14.2 Å². The number of aliphatic hydroxyl groups is 1. The minimum absolute atomic E-state index is 0.262. The van der Waals surface area contributed by atoms with Gasteiger partial charge in [0.15, 0.2) is 0 Å². The van der Waals surface area contributed by atoms with Gasteiger partial charge in [-0.2, -0.15) is 0 Å². The van der Waals surface area contributed by atoms with Crippen molar-refractivity contribution in [3.63, 3.8) is 0 Å². The Morgan fingerprint density at radius 2 is 2.00 bits per heavy atom. The third kappa shape index (κ3) is 5.39. The normalized spacial score (nSPS) is 12.2. The van der Waals surface area contributed by atoms with E-state index in [1.807, 2.05) is 18.2 Å². The van der Waals surface area contributed by atoms with Crippen molar-refractivity contribution >= 4 is 0 Å². The molecule has 114 valence electrons. The molecule has 4 nitrogen and oxygen atoms in total. The van der Waals surface area contributed by atoms with Gasteiger partial charge in [0.1, 0.15) is 11.5 Å². The standard InChI is InChI=1S/C16H27NO3/c1-4-5-13(8-9-18)11-17-12-14-6-7-15(19-2)10-16(14)20-3/h6-7,10,13,17-18H,4-5,8-9,11-12H2,1-3H3. The van der Waals surface area contributed by atoms with E-state index in [1.165, 1.54) is 0 Å². The van der Waals surface area contributed by atoms with Crippen LogP contribution in [0.15, 0.2) is 18.2 Å². The second kappa shape index (κ2) is 9.61. The lowest BCUT2D eigenvalue weighted by molar-refractivity contribution is 0.248. The second-order valence-corrected chi connectivity index (χ2v) is 4.98. The van der Waals surface area contributed by atoms with Crippen LogP contribution in [0.1, 0.15) is 31.7 Å². The largest absolute Gasteiger partial charge is 0.497 e. The summed E-state index contributed by atoms with van der Waals surface area (Å²) in [5.74, 6) is 2.18. The molecule has 1 aromatic rings. The summed E-state index contributed by atoms with van der Waals surface area (Å²) in [6.45, 7) is 4.12. The molecular formula is C16H27NO3. The quantitative estimate of drug-likeness (QED) is 0.692. The number of aliphatic hydroxyl groups excluding tert-OH is 1. The molecule has 0 aromatic heterocycles. The van der Waals surface area contributed by atoms with Gasteiger partial charge in [-0.25, -0.2) is 0 Å². The van der Waals surface area contributed by atoms with Crippen LogP contribution in [-0.4, -0.2) is 32.5 Å². The predicted octanol–water partition coefficient (Wildman–Crippen LogP) is 2.59. The van der Waals surface area contributed by atoms with E-state index in [9.17, 15) is 0 Å². The van der Waals surface area contributed by atoms with Gasteiger partial charge in [-0.1, -0.05) is 19.4 Å². The van der Waals surface area contributed by atoms with Gasteiger partial charge in [0.05, 0.1) is 14.2 Å². The van der Waals surface area contributed by atoms with Crippen molar-refractivity contribution in [1.82, 2.24) is 5.32 Å². The topological polar surface area (TPSA) is 50.7 Å². The van der Waals surface area contributed by atoms with E-state index in [-0.39, 0.29) is 6.61 Å². The Labute approximate surface area is 122 Å². The van der Waals surface area contributed by atoms with Crippen LogP contribution in [0.3, 0.4) is 0 Å². The highest BCUT2D eigenvalue weighted by Gasteiger charge is 2.08. The average molecular weight is 281 g/mol. The Hall–Kier alpha value is -1.26. The lowest BCUT2D eigenvalue weighted by Gasteiger charge is -2.17. The average Bonchev–Trinajstić information content (AvgIpc) is 2.48. The molecule has 20 heavy (non-hydrogen) atoms.